The third kappa shape index (κ3) is 6.63. The van der Waals surface area contributed by atoms with Crippen molar-refractivity contribution < 1.29 is 19.0 Å². The van der Waals surface area contributed by atoms with Crippen molar-refractivity contribution in [2.45, 2.75) is 73.3 Å². The summed E-state index contributed by atoms with van der Waals surface area (Å²) >= 11 is 0. The molecule has 0 amide bonds. The van der Waals surface area contributed by atoms with Crippen molar-refractivity contribution in [2.24, 2.45) is 22.2 Å². The maximum absolute atomic E-state index is 13.4. The van der Waals surface area contributed by atoms with Crippen LogP contribution < -0.4 is 5.43 Å². The highest BCUT2D eigenvalue weighted by Gasteiger charge is 2.42. The fraction of sp³-hybridized carbons (Fsp3) is 0.594. The van der Waals surface area contributed by atoms with Crippen molar-refractivity contribution in [1.82, 2.24) is 4.57 Å². The van der Waals surface area contributed by atoms with Gasteiger partial charge in [0.05, 0.1) is 13.2 Å². The number of methoxy groups -OCH3 is 1. The molecule has 3 rings (SSSR count). The average molecular weight is 539 g/mol. The van der Waals surface area contributed by atoms with Crippen LogP contribution in [0, 0.1) is 17.3 Å². The third-order valence-electron chi connectivity index (χ3n) is 8.10. The highest BCUT2D eigenvalue weighted by molar-refractivity contribution is 6.18. The standard InChI is InChI=1S/C32H46N2O5/c1-9-21(3)28(23-13-11-14-27(29(23)33-7)39-18-12-17-37-8)25-19-26(35)24(31(36)38-10-2)20-34(25)30-22(4)15-16-32(30,5)6/h11,13-14,19-22,30H,9-10,12,15-18H2,1-8H3/b28-23+,33-29?. The molecule has 0 aromatic carbocycles. The normalized spacial score (nSPS) is 23.5. The molecular weight excluding hydrogens is 492 g/mol. The van der Waals surface area contributed by atoms with Gasteiger partial charge in [-0.15, -0.1) is 0 Å². The summed E-state index contributed by atoms with van der Waals surface area (Å²) in [4.78, 5) is 30.9. The molecule has 1 heterocycles. The molecule has 214 valence electrons. The Bertz CT molecular complexity index is 1220. The molecule has 1 fully saturated rings. The zero-order valence-corrected chi connectivity index (χ0v) is 25.0. The summed E-state index contributed by atoms with van der Waals surface area (Å²) in [5.41, 5.74) is 3.30. The lowest BCUT2D eigenvalue weighted by atomic mass is 9.82. The number of hydrogen-bond acceptors (Lipinski definition) is 6. The number of allylic oxidation sites excluding steroid dienone is 5. The molecule has 7 heteroatoms. The second-order valence-electron chi connectivity index (χ2n) is 11.3. The van der Waals surface area contributed by atoms with Crippen LogP contribution >= 0.6 is 0 Å². The highest BCUT2D eigenvalue weighted by Crippen LogP contribution is 2.50. The number of ether oxygens (including phenoxy) is 3. The summed E-state index contributed by atoms with van der Waals surface area (Å²) < 4.78 is 18.8. The van der Waals surface area contributed by atoms with Crippen LogP contribution in [0.25, 0.3) is 5.57 Å². The Labute approximate surface area is 233 Å². The predicted octanol–water partition coefficient (Wildman–Crippen LogP) is 6.40. The molecule has 39 heavy (non-hydrogen) atoms. The largest absolute Gasteiger partial charge is 0.491 e. The van der Waals surface area contributed by atoms with E-state index in [4.69, 9.17) is 14.2 Å². The number of hydrogen-bond donors (Lipinski definition) is 0. The number of esters is 1. The van der Waals surface area contributed by atoms with E-state index in [-0.39, 0.29) is 35.0 Å². The van der Waals surface area contributed by atoms with E-state index in [0.717, 1.165) is 48.2 Å². The van der Waals surface area contributed by atoms with Gasteiger partial charge in [0.1, 0.15) is 17.0 Å². The molecule has 0 bridgehead atoms. The van der Waals surface area contributed by atoms with Crippen molar-refractivity contribution in [2.75, 3.05) is 34.0 Å². The number of aromatic nitrogens is 1. The monoisotopic (exact) mass is 538 g/mol. The summed E-state index contributed by atoms with van der Waals surface area (Å²) in [5, 5.41) is 0. The van der Waals surface area contributed by atoms with Gasteiger partial charge in [-0.3, -0.25) is 9.79 Å². The van der Waals surface area contributed by atoms with Gasteiger partial charge in [-0.1, -0.05) is 46.8 Å². The van der Waals surface area contributed by atoms with Crippen LogP contribution in [0.2, 0.25) is 0 Å². The Morgan fingerprint density at radius 1 is 1.26 bits per heavy atom. The molecule has 0 radical (unpaired) electrons. The molecule has 3 unspecified atom stereocenters. The summed E-state index contributed by atoms with van der Waals surface area (Å²) in [6.45, 7) is 14.2. The van der Waals surface area contributed by atoms with Crippen molar-refractivity contribution in [3.05, 3.63) is 63.3 Å². The van der Waals surface area contributed by atoms with Gasteiger partial charge in [-0.2, -0.15) is 0 Å². The summed E-state index contributed by atoms with van der Waals surface area (Å²) in [6.07, 6.45) is 11.5. The maximum Gasteiger partial charge on any atom is 0.343 e. The second kappa shape index (κ2) is 13.4. The number of rotatable bonds is 11. The molecule has 0 saturated heterocycles. The molecule has 1 aromatic heterocycles. The minimum absolute atomic E-state index is 0.0139. The van der Waals surface area contributed by atoms with Crippen molar-refractivity contribution in [1.29, 1.82) is 0 Å². The fourth-order valence-electron chi connectivity index (χ4n) is 6.02. The van der Waals surface area contributed by atoms with E-state index in [2.05, 4.69) is 50.3 Å². The van der Waals surface area contributed by atoms with Crippen LogP contribution in [-0.4, -0.2) is 50.2 Å². The van der Waals surface area contributed by atoms with E-state index in [1.807, 2.05) is 12.2 Å². The summed E-state index contributed by atoms with van der Waals surface area (Å²) in [7, 11) is 3.45. The quantitative estimate of drug-likeness (QED) is 0.241. The number of pyridine rings is 1. The third-order valence-corrected chi connectivity index (χ3v) is 8.10. The van der Waals surface area contributed by atoms with E-state index in [9.17, 15) is 9.59 Å². The molecule has 1 saturated carbocycles. The Kier molecular flexibility index (Phi) is 10.5. The smallest absolute Gasteiger partial charge is 0.343 e. The van der Waals surface area contributed by atoms with Gasteiger partial charge in [0, 0.05) is 56.8 Å². The minimum atomic E-state index is -0.577. The minimum Gasteiger partial charge on any atom is -0.491 e. The molecule has 3 atom stereocenters. The lowest BCUT2D eigenvalue weighted by molar-refractivity contribution is 0.0522. The number of carbonyl (C=O) groups is 1. The Hall–Kier alpha value is -2.93. The van der Waals surface area contributed by atoms with Crippen molar-refractivity contribution in [3.8, 4) is 0 Å². The number of aliphatic imine (C=N–C) groups is 1. The van der Waals surface area contributed by atoms with E-state index >= 15 is 0 Å². The molecule has 2 aliphatic rings. The zero-order valence-electron chi connectivity index (χ0n) is 25.0. The van der Waals surface area contributed by atoms with E-state index in [1.165, 1.54) is 0 Å². The average Bonchev–Trinajstić information content (AvgIpc) is 3.18. The molecule has 2 aliphatic carbocycles. The lowest BCUT2D eigenvalue weighted by Gasteiger charge is -2.36. The van der Waals surface area contributed by atoms with Crippen LogP contribution in [0.4, 0.5) is 0 Å². The van der Waals surface area contributed by atoms with E-state index < -0.39 is 5.97 Å². The highest BCUT2D eigenvalue weighted by atomic mass is 16.5. The van der Waals surface area contributed by atoms with Gasteiger partial charge in [0.15, 0.2) is 5.43 Å². The summed E-state index contributed by atoms with van der Waals surface area (Å²) in [6, 6.07) is 1.75. The van der Waals surface area contributed by atoms with Gasteiger partial charge >= 0.3 is 5.97 Å². The maximum atomic E-state index is 13.4. The second-order valence-corrected chi connectivity index (χ2v) is 11.3. The molecule has 0 spiro atoms. The first-order chi connectivity index (χ1) is 18.6. The van der Waals surface area contributed by atoms with Crippen LogP contribution in [0.5, 0.6) is 0 Å². The van der Waals surface area contributed by atoms with Crippen LogP contribution in [0.3, 0.4) is 0 Å². The summed E-state index contributed by atoms with van der Waals surface area (Å²) in [5.74, 6) is 0.624. The van der Waals surface area contributed by atoms with Crippen LogP contribution in [0.15, 0.2) is 51.6 Å². The number of carbonyl (C=O) groups excluding carboxylic acids is 1. The molecule has 0 aliphatic heterocycles. The Morgan fingerprint density at radius 2 is 2.00 bits per heavy atom. The molecular formula is C32H46N2O5. The fourth-order valence-corrected chi connectivity index (χ4v) is 6.02. The predicted molar refractivity (Wildman–Crippen MR) is 157 cm³/mol. The Morgan fingerprint density at radius 3 is 2.59 bits per heavy atom. The van der Waals surface area contributed by atoms with Gasteiger partial charge in [0.25, 0.3) is 0 Å². The lowest BCUT2D eigenvalue weighted by Crippen LogP contribution is -2.31. The van der Waals surface area contributed by atoms with Gasteiger partial charge in [-0.05, 0) is 55.1 Å². The van der Waals surface area contributed by atoms with Gasteiger partial charge in [0.2, 0.25) is 0 Å². The van der Waals surface area contributed by atoms with E-state index in [0.29, 0.717) is 24.9 Å². The topological polar surface area (TPSA) is 79.1 Å². The van der Waals surface area contributed by atoms with Crippen LogP contribution in [-0.2, 0) is 14.2 Å². The zero-order chi connectivity index (χ0) is 28.7. The molecule has 0 N–H and O–H groups in total. The molecule has 1 aromatic rings. The SMILES string of the molecule is CCOC(=O)c1cn(C2C(C)CCC2(C)C)c(/C(=C2\C=CC=C(OCCCOC)C2=NC)C(C)CC)cc1=O. The first kappa shape index (κ1) is 30.6. The number of nitrogens with zero attached hydrogens (tertiary/aromatic N) is 2. The van der Waals surface area contributed by atoms with Crippen LogP contribution in [0.1, 0.15) is 89.3 Å². The first-order valence-electron chi connectivity index (χ1n) is 14.3. The Balaban J connectivity index is 2.28. The first-order valence-corrected chi connectivity index (χ1v) is 14.3. The van der Waals surface area contributed by atoms with Gasteiger partial charge < -0.3 is 18.8 Å². The van der Waals surface area contributed by atoms with Gasteiger partial charge in [-0.25, -0.2) is 4.79 Å². The van der Waals surface area contributed by atoms with Crippen molar-refractivity contribution in [3.63, 3.8) is 0 Å². The van der Waals surface area contributed by atoms with Crippen molar-refractivity contribution >= 4 is 17.3 Å². The van der Waals surface area contributed by atoms with E-state index in [1.54, 1.807) is 33.3 Å². The molecule has 7 nitrogen and oxygen atoms in total.